The van der Waals surface area contributed by atoms with E-state index in [4.69, 9.17) is 21.1 Å². The molecule has 3 fully saturated rings. The second-order valence-electron chi connectivity index (χ2n) is 16.5. The number of piperazine rings is 1. The van der Waals surface area contributed by atoms with Crippen LogP contribution >= 0.6 is 11.6 Å². The number of halogens is 1. The highest BCUT2D eigenvalue weighted by Crippen LogP contribution is 2.48. The molecule has 2 aromatic carbocycles. The molecule has 7 atom stereocenters. The van der Waals surface area contributed by atoms with E-state index in [-0.39, 0.29) is 5.92 Å². The summed E-state index contributed by atoms with van der Waals surface area (Å²) in [7, 11) is -2.08. The number of methoxy groups -OCH3 is 1. The van der Waals surface area contributed by atoms with Gasteiger partial charge in [0.25, 0.3) is 5.91 Å². The minimum atomic E-state index is -3.95. The van der Waals surface area contributed by atoms with Gasteiger partial charge in [-0.15, -0.1) is 0 Å². The molecule has 1 aliphatic carbocycles. The van der Waals surface area contributed by atoms with E-state index in [1.165, 1.54) is 12.0 Å². The number of nitrogens with one attached hydrogen (secondary N) is 1. The summed E-state index contributed by atoms with van der Waals surface area (Å²) in [5.41, 5.74) is 2.92. The largest absolute Gasteiger partial charge is 0.487 e. The van der Waals surface area contributed by atoms with E-state index in [1.807, 2.05) is 44.4 Å². The number of carbonyl (C=O) groups excluding carboxylic acids is 1. The zero-order chi connectivity index (χ0) is 36.8. The lowest BCUT2D eigenvalue weighted by Crippen LogP contribution is -2.59. The van der Waals surface area contributed by atoms with E-state index in [0.29, 0.717) is 54.3 Å². The number of likely N-dealkylation sites (tertiary alicyclic amines) is 2. The molecular formula is C41H57ClN4O5S. The Labute approximate surface area is 316 Å². The number of ether oxygens (including phenoxy) is 2. The van der Waals surface area contributed by atoms with Crippen molar-refractivity contribution in [3.8, 4) is 5.75 Å². The maximum absolute atomic E-state index is 13.6. The Morgan fingerprint density at radius 2 is 1.87 bits per heavy atom. The molecule has 4 aliphatic heterocycles. The van der Waals surface area contributed by atoms with Gasteiger partial charge in [-0.3, -0.25) is 14.6 Å². The van der Waals surface area contributed by atoms with Gasteiger partial charge in [-0.2, -0.15) is 0 Å². The molecule has 2 saturated heterocycles. The van der Waals surface area contributed by atoms with Crippen molar-refractivity contribution in [2.75, 3.05) is 44.7 Å². The Balaban J connectivity index is 1.25. The minimum Gasteiger partial charge on any atom is -0.487 e. The fourth-order valence-corrected chi connectivity index (χ4v) is 11.0. The molecule has 1 N–H and O–H groups in total. The van der Waals surface area contributed by atoms with E-state index < -0.39 is 26.8 Å². The molecule has 52 heavy (non-hydrogen) atoms. The molecule has 2 aromatic rings. The predicted molar refractivity (Wildman–Crippen MR) is 208 cm³/mol. The highest BCUT2D eigenvalue weighted by molar-refractivity contribution is 7.90. The quantitative estimate of drug-likeness (QED) is 0.346. The van der Waals surface area contributed by atoms with Crippen molar-refractivity contribution >= 4 is 33.2 Å². The fourth-order valence-electron chi connectivity index (χ4n) is 9.56. The van der Waals surface area contributed by atoms with Crippen LogP contribution in [0.5, 0.6) is 5.75 Å². The smallest absolute Gasteiger partial charge is 0.264 e. The van der Waals surface area contributed by atoms with Crippen molar-refractivity contribution in [2.45, 2.75) is 108 Å². The van der Waals surface area contributed by atoms with E-state index in [1.54, 1.807) is 13.0 Å². The van der Waals surface area contributed by atoms with E-state index >= 15 is 0 Å². The molecule has 5 aliphatic rings. The van der Waals surface area contributed by atoms with Crippen LogP contribution < -0.4 is 14.4 Å². The molecule has 0 aromatic heterocycles. The van der Waals surface area contributed by atoms with Gasteiger partial charge in [-0.1, -0.05) is 36.7 Å². The van der Waals surface area contributed by atoms with Crippen LogP contribution in [0, 0.1) is 17.8 Å². The summed E-state index contributed by atoms with van der Waals surface area (Å²) < 4.78 is 42.9. The Kier molecular flexibility index (Phi) is 11.0. The van der Waals surface area contributed by atoms with Crippen LogP contribution in [0.2, 0.25) is 5.02 Å². The molecule has 4 bridgehead atoms. The number of hydrogen-bond acceptors (Lipinski definition) is 8. The molecule has 11 heteroatoms. The number of aryl methyl sites for hydroxylation is 1. The van der Waals surface area contributed by atoms with Crippen molar-refractivity contribution in [3.63, 3.8) is 0 Å². The maximum atomic E-state index is 13.6. The van der Waals surface area contributed by atoms with Crippen LogP contribution in [0.1, 0.15) is 87.7 Å². The van der Waals surface area contributed by atoms with Gasteiger partial charge < -0.3 is 14.4 Å². The third-order valence-corrected chi connectivity index (χ3v) is 15.2. The molecule has 1 amide bonds. The number of carbonyl (C=O) groups is 1. The number of fused-ring (bicyclic) bond motifs is 5. The second kappa shape index (κ2) is 15.2. The maximum Gasteiger partial charge on any atom is 0.264 e. The topological polar surface area (TPSA) is 91.4 Å². The zero-order valence-electron chi connectivity index (χ0n) is 31.5. The van der Waals surface area contributed by atoms with Crippen LogP contribution in [0.3, 0.4) is 0 Å². The molecule has 284 valence electrons. The summed E-state index contributed by atoms with van der Waals surface area (Å²) in [5, 5.41) is -0.0490. The van der Waals surface area contributed by atoms with Gasteiger partial charge in [-0.25, -0.2) is 13.1 Å². The number of anilines is 1. The molecule has 7 rings (SSSR count). The second-order valence-corrected chi connectivity index (χ2v) is 18.9. The lowest BCUT2D eigenvalue weighted by atomic mass is 9.63. The monoisotopic (exact) mass is 752 g/mol. The summed E-state index contributed by atoms with van der Waals surface area (Å²) in [4.78, 5) is 21.3. The van der Waals surface area contributed by atoms with Gasteiger partial charge in [0.1, 0.15) is 18.0 Å². The van der Waals surface area contributed by atoms with Crippen molar-refractivity contribution in [3.05, 3.63) is 70.3 Å². The van der Waals surface area contributed by atoms with E-state index in [9.17, 15) is 13.2 Å². The van der Waals surface area contributed by atoms with E-state index in [2.05, 4.69) is 45.4 Å². The number of nitrogens with zero attached hydrogens (tertiary/aromatic N) is 3. The number of hydrogen-bond donors (Lipinski definition) is 1. The lowest BCUT2D eigenvalue weighted by Gasteiger charge is -2.52. The fraction of sp³-hybridized carbons (Fsp3) is 0.634. The summed E-state index contributed by atoms with van der Waals surface area (Å²) in [6.45, 7) is 13.2. The zero-order valence-corrected chi connectivity index (χ0v) is 33.1. The molecule has 0 radical (unpaired) electrons. The van der Waals surface area contributed by atoms with Crippen molar-refractivity contribution in [1.82, 2.24) is 14.5 Å². The Hall–Kier alpha value is -2.63. The minimum absolute atomic E-state index is 0.210. The average molecular weight is 753 g/mol. The number of amides is 1. The van der Waals surface area contributed by atoms with Gasteiger partial charge >= 0.3 is 0 Å². The van der Waals surface area contributed by atoms with Gasteiger partial charge in [0.15, 0.2) is 0 Å². The Bertz CT molecular complexity index is 1770. The Morgan fingerprint density at radius 3 is 2.58 bits per heavy atom. The predicted octanol–water partition coefficient (Wildman–Crippen LogP) is 6.68. The third-order valence-electron chi connectivity index (χ3n) is 13.1. The summed E-state index contributed by atoms with van der Waals surface area (Å²) in [6.07, 6.45) is 11.2. The molecule has 9 nitrogen and oxygen atoms in total. The molecule has 0 spiro atoms. The summed E-state index contributed by atoms with van der Waals surface area (Å²) in [5.74, 6) is 0.515. The van der Waals surface area contributed by atoms with E-state index in [0.717, 1.165) is 81.1 Å². The normalized spacial score (nSPS) is 33.3. The number of sulfonamides is 1. The van der Waals surface area contributed by atoms with Gasteiger partial charge in [0.2, 0.25) is 10.0 Å². The number of benzene rings is 2. The van der Waals surface area contributed by atoms with Crippen LogP contribution in [-0.2, 0) is 27.8 Å². The molecule has 1 unspecified atom stereocenters. The highest BCUT2D eigenvalue weighted by atomic mass is 35.5. The van der Waals surface area contributed by atoms with Gasteiger partial charge in [-0.05, 0) is 125 Å². The van der Waals surface area contributed by atoms with Crippen molar-refractivity contribution in [2.24, 2.45) is 17.8 Å². The first-order valence-electron chi connectivity index (χ1n) is 19.4. The number of rotatable bonds is 4. The van der Waals surface area contributed by atoms with Crippen LogP contribution in [0.4, 0.5) is 5.69 Å². The van der Waals surface area contributed by atoms with Crippen LogP contribution in [0.15, 0.2) is 48.6 Å². The van der Waals surface area contributed by atoms with Crippen molar-refractivity contribution in [1.29, 1.82) is 0 Å². The van der Waals surface area contributed by atoms with Crippen LogP contribution in [-0.4, -0.2) is 92.9 Å². The SMILES string of the molecule is CO[C@]1(CN2CC3C[C@@H]2CN3C(C)C)/C=C/C[C@H](C)[C@@H](C)S(=O)(=O)NC(=O)c2ccc3c(c2)N(CCCCc2cc(Cl)ccc2CO3)C[C@@H]2CC[C@H]21. The van der Waals surface area contributed by atoms with Gasteiger partial charge in [0.05, 0.1) is 10.9 Å². The number of allylic oxidation sites excluding steroid dienone is 1. The first kappa shape index (κ1) is 37.7. The lowest BCUT2D eigenvalue weighted by molar-refractivity contribution is -0.0971. The standard InChI is InChI=1S/C41H57ClN4O5S/c1-27(2)46-24-35-21-36(46)23-45(35)26-41(50-5)17-8-9-28(3)29(4)52(48,49)43-40(47)31-13-16-39-38(20-31)44(22-32-12-15-37(32)41)18-7-6-10-30-19-34(42)14-11-33(30)25-51-39/h8,11,13-14,16-17,19-20,27-29,32,35-37H,6-7,9-10,12,15,18,21-26H2,1-5H3,(H,43,47)/b17-8+/t28-,29+,32-,35+,36?,37+,41-/m0/s1. The summed E-state index contributed by atoms with van der Waals surface area (Å²) >= 11 is 6.41. The third kappa shape index (κ3) is 7.52. The van der Waals surface area contributed by atoms with Gasteiger partial charge in [0, 0.05) is 68.5 Å². The molecule has 1 saturated carbocycles. The first-order chi connectivity index (χ1) is 24.9. The van der Waals surface area contributed by atoms with Crippen molar-refractivity contribution < 1.29 is 22.7 Å². The first-order valence-corrected chi connectivity index (χ1v) is 21.4. The molecule has 4 heterocycles. The Morgan fingerprint density at radius 1 is 1.04 bits per heavy atom. The highest BCUT2D eigenvalue weighted by Gasteiger charge is 2.52. The van der Waals surface area contributed by atoms with Crippen LogP contribution in [0.25, 0.3) is 0 Å². The molecular weight excluding hydrogens is 696 g/mol. The average Bonchev–Trinajstić information content (AvgIpc) is 3.69. The summed E-state index contributed by atoms with van der Waals surface area (Å²) in [6, 6.07) is 13.0.